The Hall–Kier alpha value is -1.13. The molecule has 0 saturated heterocycles. The van der Waals surface area contributed by atoms with Crippen molar-refractivity contribution in [3.8, 4) is 0 Å². The van der Waals surface area contributed by atoms with Gasteiger partial charge < -0.3 is 0 Å². The fourth-order valence-electron chi connectivity index (χ4n) is 2.53. The summed E-state index contributed by atoms with van der Waals surface area (Å²) in [6.07, 6.45) is 0.727. The highest BCUT2D eigenvalue weighted by molar-refractivity contribution is 14.1. The van der Waals surface area contributed by atoms with E-state index in [0.717, 1.165) is 15.6 Å². The van der Waals surface area contributed by atoms with E-state index in [0.29, 0.717) is 0 Å². The molecule has 3 aromatic carbocycles. The van der Waals surface area contributed by atoms with Crippen LogP contribution in [0.25, 0.3) is 10.8 Å². The topological polar surface area (TPSA) is 0 Å². The highest BCUT2D eigenvalue weighted by Gasteiger charge is 2.14. The minimum atomic E-state index is -0.225. The summed E-state index contributed by atoms with van der Waals surface area (Å²) < 4.78 is 14.1. The van der Waals surface area contributed by atoms with Crippen molar-refractivity contribution in [1.29, 1.82) is 0 Å². The lowest BCUT2D eigenvalue weighted by Crippen LogP contribution is -1.99. The van der Waals surface area contributed by atoms with E-state index in [4.69, 9.17) is 11.6 Å². The van der Waals surface area contributed by atoms with Crippen LogP contribution in [0.15, 0.2) is 60.7 Å². The van der Waals surface area contributed by atoms with Crippen LogP contribution in [0.3, 0.4) is 0 Å². The first-order chi connectivity index (χ1) is 10.1. The molecule has 0 bridgehead atoms. The molecule has 0 nitrogen and oxygen atoms in total. The fourth-order valence-corrected chi connectivity index (χ4v) is 3.92. The van der Waals surface area contributed by atoms with Crippen LogP contribution in [0.2, 0.25) is 0 Å². The molecule has 0 aliphatic heterocycles. The van der Waals surface area contributed by atoms with Gasteiger partial charge in [-0.3, -0.25) is 0 Å². The molecule has 0 amide bonds. The number of benzene rings is 3. The van der Waals surface area contributed by atoms with Crippen molar-refractivity contribution in [3.05, 3.63) is 81.2 Å². The first-order valence-electron chi connectivity index (χ1n) is 6.71. The molecule has 0 fully saturated rings. The van der Waals surface area contributed by atoms with Crippen LogP contribution in [0, 0.1) is 9.39 Å². The van der Waals surface area contributed by atoms with Crippen LogP contribution in [0.4, 0.5) is 4.39 Å². The normalized spacial score (nSPS) is 12.5. The maximum atomic E-state index is 13.2. The van der Waals surface area contributed by atoms with E-state index in [9.17, 15) is 4.39 Å². The van der Waals surface area contributed by atoms with Crippen LogP contribution in [0.5, 0.6) is 0 Å². The molecule has 0 N–H and O–H groups in total. The average molecular weight is 411 g/mol. The summed E-state index contributed by atoms with van der Waals surface area (Å²) in [5.41, 5.74) is 2.19. The zero-order valence-corrected chi connectivity index (χ0v) is 14.1. The van der Waals surface area contributed by atoms with Gasteiger partial charge in [0.25, 0.3) is 0 Å². The first kappa shape index (κ1) is 14.8. The molecule has 1 atom stereocenters. The van der Waals surface area contributed by atoms with Gasteiger partial charge in [-0.1, -0.05) is 48.5 Å². The summed E-state index contributed by atoms with van der Waals surface area (Å²) in [5.74, 6) is -0.225. The number of halogens is 3. The fraction of sp³-hybridized carbons (Fsp3) is 0.111. The zero-order valence-electron chi connectivity index (χ0n) is 11.2. The zero-order chi connectivity index (χ0) is 14.8. The molecule has 0 saturated carbocycles. The molecule has 3 heteroatoms. The third-order valence-corrected chi connectivity index (χ3v) is 4.90. The van der Waals surface area contributed by atoms with Gasteiger partial charge in [0, 0.05) is 3.57 Å². The van der Waals surface area contributed by atoms with Crippen molar-refractivity contribution in [2.24, 2.45) is 0 Å². The predicted octanol–water partition coefficient (Wildman–Crippen LogP) is 6.11. The summed E-state index contributed by atoms with van der Waals surface area (Å²) >= 11 is 8.71. The van der Waals surface area contributed by atoms with Crippen molar-refractivity contribution in [2.75, 3.05) is 0 Å². The minimum Gasteiger partial charge on any atom is -0.207 e. The van der Waals surface area contributed by atoms with E-state index in [1.54, 1.807) is 6.07 Å². The van der Waals surface area contributed by atoms with Gasteiger partial charge in [-0.2, -0.15) is 0 Å². The molecule has 3 rings (SSSR count). The van der Waals surface area contributed by atoms with E-state index in [-0.39, 0.29) is 11.2 Å². The van der Waals surface area contributed by atoms with Crippen LogP contribution in [-0.4, -0.2) is 0 Å². The molecule has 0 aliphatic carbocycles. The molecular weight excluding hydrogens is 398 g/mol. The second-order valence-electron chi connectivity index (χ2n) is 4.98. The van der Waals surface area contributed by atoms with E-state index < -0.39 is 0 Å². The Bertz CT molecular complexity index is 780. The van der Waals surface area contributed by atoms with Gasteiger partial charge in [0.15, 0.2) is 0 Å². The monoisotopic (exact) mass is 410 g/mol. The Morgan fingerprint density at radius 3 is 2.57 bits per heavy atom. The van der Waals surface area contributed by atoms with Gasteiger partial charge in [-0.25, -0.2) is 4.39 Å². The van der Waals surface area contributed by atoms with Crippen molar-refractivity contribution in [3.63, 3.8) is 0 Å². The molecule has 3 aromatic rings. The molecule has 0 aliphatic rings. The third-order valence-electron chi connectivity index (χ3n) is 3.58. The van der Waals surface area contributed by atoms with E-state index >= 15 is 0 Å². The number of hydrogen-bond donors (Lipinski definition) is 0. The Labute approximate surface area is 142 Å². The van der Waals surface area contributed by atoms with Crippen LogP contribution in [0.1, 0.15) is 16.5 Å². The van der Waals surface area contributed by atoms with Gasteiger partial charge >= 0.3 is 0 Å². The second-order valence-corrected chi connectivity index (χ2v) is 6.66. The summed E-state index contributed by atoms with van der Waals surface area (Å²) in [5, 5.41) is 2.28. The minimum absolute atomic E-state index is 0.164. The largest absolute Gasteiger partial charge is 0.207 e. The summed E-state index contributed by atoms with van der Waals surface area (Å²) in [6.45, 7) is 0. The maximum absolute atomic E-state index is 13.2. The van der Waals surface area contributed by atoms with Crippen molar-refractivity contribution in [2.45, 2.75) is 11.8 Å². The molecule has 21 heavy (non-hydrogen) atoms. The van der Waals surface area contributed by atoms with Crippen LogP contribution < -0.4 is 0 Å². The maximum Gasteiger partial charge on any atom is 0.124 e. The highest BCUT2D eigenvalue weighted by atomic mass is 127. The SMILES string of the molecule is Fc1ccc(C(Cl)Cc2cccc3ccccc23)c(I)c1. The van der Waals surface area contributed by atoms with Gasteiger partial charge in [0.1, 0.15) is 5.82 Å². The van der Waals surface area contributed by atoms with E-state index in [2.05, 4.69) is 52.9 Å². The average Bonchev–Trinajstić information content (AvgIpc) is 2.47. The molecule has 106 valence electrons. The standard InChI is InChI=1S/C18H13ClFI/c19-17(16-9-8-14(20)11-18(16)21)10-13-6-3-5-12-4-1-2-7-15(12)13/h1-9,11,17H,10H2. The second kappa shape index (κ2) is 6.32. The molecule has 0 heterocycles. The molecule has 0 radical (unpaired) electrons. The summed E-state index contributed by atoms with van der Waals surface area (Å²) in [6, 6.07) is 19.3. The quantitative estimate of drug-likeness (QED) is 0.361. The van der Waals surface area contributed by atoms with E-state index in [1.165, 1.54) is 28.5 Å². The van der Waals surface area contributed by atoms with E-state index in [1.807, 2.05) is 12.1 Å². The number of rotatable bonds is 3. The Kier molecular flexibility index (Phi) is 4.45. The lowest BCUT2D eigenvalue weighted by molar-refractivity contribution is 0.625. The lowest BCUT2D eigenvalue weighted by atomic mass is 9.98. The van der Waals surface area contributed by atoms with Crippen LogP contribution in [-0.2, 0) is 6.42 Å². The first-order valence-corrected chi connectivity index (χ1v) is 8.22. The van der Waals surface area contributed by atoms with Gasteiger partial charge in [0.05, 0.1) is 5.38 Å². The van der Waals surface area contributed by atoms with Gasteiger partial charge in [-0.05, 0) is 63.0 Å². The number of fused-ring (bicyclic) bond motifs is 1. The molecule has 0 spiro atoms. The predicted molar refractivity (Wildman–Crippen MR) is 95.4 cm³/mol. The number of hydrogen-bond acceptors (Lipinski definition) is 0. The summed E-state index contributed by atoms with van der Waals surface area (Å²) in [4.78, 5) is 0. The van der Waals surface area contributed by atoms with Crippen molar-refractivity contribution >= 4 is 45.0 Å². The third kappa shape index (κ3) is 3.22. The molecule has 0 aromatic heterocycles. The van der Waals surface area contributed by atoms with Gasteiger partial charge in [0.2, 0.25) is 0 Å². The Balaban J connectivity index is 1.94. The molecule has 1 unspecified atom stereocenters. The lowest BCUT2D eigenvalue weighted by Gasteiger charge is -2.14. The van der Waals surface area contributed by atoms with Gasteiger partial charge in [-0.15, -0.1) is 11.6 Å². The Morgan fingerprint density at radius 2 is 1.76 bits per heavy atom. The molecular formula is C18H13ClFI. The van der Waals surface area contributed by atoms with Crippen LogP contribution >= 0.6 is 34.2 Å². The number of alkyl halides is 1. The highest BCUT2D eigenvalue weighted by Crippen LogP contribution is 2.31. The Morgan fingerprint density at radius 1 is 1.00 bits per heavy atom. The van der Waals surface area contributed by atoms with Crippen molar-refractivity contribution < 1.29 is 4.39 Å². The van der Waals surface area contributed by atoms with Crippen molar-refractivity contribution in [1.82, 2.24) is 0 Å². The summed E-state index contributed by atoms with van der Waals surface area (Å²) in [7, 11) is 0. The smallest absolute Gasteiger partial charge is 0.124 e.